The van der Waals surface area contributed by atoms with Gasteiger partial charge in [-0.25, -0.2) is 9.97 Å². The number of hydrogen-bond acceptors (Lipinski definition) is 4. The molecule has 0 atom stereocenters. The Morgan fingerprint density at radius 1 is 1.17 bits per heavy atom. The van der Waals surface area contributed by atoms with Crippen molar-refractivity contribution >= 4 is 11.6 Å². The van der Waals surface area contributed by atoms with Crippen LogP contribution < -0.4 is 10.2 Å². The van der Waals surface area contributed by atoms with Crippen molar-refractivity contribution in [2.45, 2.75) is 47.0 Å². The Morgan fingerprint density at radius 3 is 2.56 bits per heavy atom. The van der Waals surface area contributed by atoms with E-state index >= 15 is 0 Å². The Hall–Kier alpha value is -1.32. The minimum Gasteiger partial charge on any atom is -0.370 e. The SMILES string of the molecule is CCCCN(CC)c1cc(NCCC)nc(C)n1. The third kappa shape index (κ3) is 4.51. The predicted molar refractivity (Wildman–Crippen MR) is 78.3 cm³/mol. The van der Waals surface area contributed by atoms with Crippen molar-refractivity contribution in [2.24, 2.45) is 0 Å². The molecule has 0 fully saturated rings. The van der Waals surface area contributed by atoms with Crippen molar-refractivity contribution < 1.29 is 0 Å². The summed E-state index contributed by atoms with van der Waals surface area (Å²) >= 11 is 0. The highest BCUT2D eigenvalue weighted by Crippen LogP contribution is 2.16. The highest BCUT2D eigenvalue weighted by Gasteiger charge is 2.08. The summed E-state index contributed by atoms with van der Waals surface area (Å²) in [6.07, 6.45) is 3.52. The van der Waals surface area contributed by atoms with Crippen LogP contribution in [0.2, 0.25) is 0 Å². The molecule has 0 saturated heterocycles. The Morgan fingerprint density at radius 2 is 1.94 bits per heavy atom. The first kappa shape index (κ1) is 14.7. The molecule has 102 valence electrons. The minimum absolute atomic E-state index is 0.834. The van der Waals surface area contributed by atoms with Gasteiger partial charge in [-0.1, -0.05) is 20.3 Å². The van der Waals surface area contributed by atoms with E-state index in [1.807, 2.05) is 6.92 Å². The molecule has 0 saturated carbocycles. The molecule has 1 aromatic heterocycles. The van der Waals surface area contributed by atoms with Crippen LogP contribution in [0.15, 0.2) is 6.07 Å². The number of unbranched alkanes of at least 4 members (excludes halogenated alkanes) is 1. The van der Waals surface area contributed by atoms with Gasteiger partial charge < -0.3 is 10.2 Å². The van der Waals surface area contributed by atoms with Crippen molar-refractivity contribution in [3.8, 4) is 0 Å². The summed E-state index contributed by atoms with van der Waals surface area (Å²) in [5.41, 5.74) is 0. The third-order valence-electron chi connectivity index (χ3n) is 2.87. The van der Waals surface area contributed by atoms with Crippen molar-refractivity contribution in [3.63, 3.8) is 0 Å². The van der Waals surface area contributed by atoms with Gasteiger partial charge in [0.15, 0.2) is 0 Å². The summed E-state index contributed by atoms with van der Waals surface area (Å²) in [5, 5.41) is 3.33. The Kier molecular flexibility index (Phi) is 6.47. The van der Waals surface area contributed by atoms with Gasteiger partial charge in [0.25, 0.3) is 0 Å². The van der Waals surface area contributed by atoms with E-state index in [0.29, 0.717) is 0 Å². The van der Waals surface area contributed by atoms with E-state index in [0.717, 1.165) is 43.5 Å². The summed E-state index contributed by atoms with van der Waals surface area (Å²) in [6.45, 7) is 11.5. The Labute approximate surface area is 111 Å². The fourth-order valence-corrected chi connectivity index (χ4v) is 1.84. The molecule has 0 aliphatic rings. The quantitative estimate of drug-likeness (QED) is 0.769. The maximum atomic E-state index is 4.54. The molecule has 1 heterocycles. The third-order valence-corrected chi connectivity index (χ3v) is 2.87. The van der Waals surface area contributed by atoms with Crippen LogP contribution in [0.4, 0.5) is 11.6 Å². The number of nitrogens with zero attached hydrogens (tertiary/aromatic N) is 3. The summed E-state index contributed by atoms with van der Waals surface area (Å²) in [5.74, 6) is 2.81. The lowest BCUT2D eigenvalue weighted by atomic mass is 10.3. The molecule has 0 radical (unpaired) electrons. The van der Waals surface area contributed by atoms with E-state index in [-0.39, 0.29) is 0 Å². The fraction of sp³-hybridized carbons (Fsp3) is 0.714. The van der Waals surface area contributed by atoms with Gasteiger partial charge >= 0.3 is 0 Å². The van der Waals surface area contributed by atoms with E-state index in [1.54, 1.807) is 0 Å². The van der Waals surface area contributed by atoms with E-state index in [4.69, 9.17) is 0 Å². The first-order chi connectivity index (χ1) is 8.71. The van der Waals surface area contributed by atoms with Crippen molar-refractivity contribution in [1.82, 2.24) is 9.97 Å². The van der Waals surface area contributed by atoms with Crippen molar-refractivity contribution in [3.05, 3.63) is 11.9 Å². The molecule has 0 spiro atoms. The summed E-state index contributed by atoms with van der Waals surface area (Å²) in [4.78, 5) is 11.3. The lowest BCUT2D eigenvalue weighted by Crippen LogP contribution is -2.25. The molecule has 4 heteroatoms. The molecule has 0 aromatic carbocycles. The van der Waals surface area contributed by atoms with E-state index in [2.05, 4.69) is 47.0 Å². The molecule has 1 N–H and O–H groups in total. The van der Waals surface area contributed by atoms with Crippen LogP contribution in [0.25, 0.3) is 0 Å². The van der Waals surface area contributed by atoms with Crippen LogP contribution in [0.1, 0.15) is 45.9 Å². The zero-order valence-electron chi connectivity index (χ0n) is 12.2. The van der Waals surface area contributed by atoms with Gasteiger partial charge in [-0.3, -0.25) is 0 Å². The molecular weight excluding hydrogens is 224 g/mol. The lowest BCUT2D eigenvalue weighted by Gasteiger charge is -2.22. The zero-order valence-corrected chi connectivity index (χ0v) is 12.2. The van der Waals surface area contributed by atoms with Crippen LogP contribution in [0, 0.1) is 6.92 Å². The zero-order chi connectivity index (χ0) is 13.4. The number of anilines is 2. The minimum atomic E-state index is 0.834. The molecule has 0 unspecified atom stereocenters. The maximum absolute atomic E-state index is 4.54. The number of hydrogen-bond donors (Lipinski definition) is 1. The molecule has 0 aliphatic carbocycles. The second kappa shape index (κ2) is 7.90. The van der Waals surface area contributed by atoms with Crippen LogP contribution in [0.3, 0.4) is 0 Å². The van der Waals surface area contributed by atoms with Gasteiger partial charge in [-0.15, -0.1) is 0 Å². The lowest BCUT2D eigenvalue weighted by molar-refractivity contribution is 0.721. The summed E-state index contributed by atoms with van der Waals surface area (Å²) < 4.78 is 0. The van der Waals surface area contributed by atoms with Crippen molar-refractivity contribution in [2.75, 3.05) is 29.9 Å². The average molecular weight is 250 g/mol. The van der Waals surface area contributed by atoms with Gasteiger partial charge in [0.2, 0.25) is 0 Å². The van der Waals surface area contributed by atoms with Crippen LogP contribution >= 0.6 is 0 Å². The molecule has 18 heavy (non-hydrogen) atoms. The Balaban J connectivity index is 2.81. The fourth-order valence-electron chi connectivity index (χ4n) is 1.84. The Bertz CT molecular complexity index is 352. The van der Waals surface area contributed by atoms with Gasteiger partial charge in [0.05, 0.1) is 0 Å². The molecule has 0 aliphatic heterocycles. The van der Waals surface area contributed by atoms with Crippen LogP contribution in [-0.2, 0) is 0 Å². The molecular formula is C14H26N4. The van der Waals surface area contributed by atoms with E-state index in [9.17, 15) is 0 Å². The normalized spacial score (nSPS) is 10.4. The van der Waals surface area contributed by atoms with Gasteiger partial charge in [-0.2, -0.15) is 0 Å². The molecule has 4 nitrogen and oxygen atoms in total. The average Bonchev–Trinajstić information content (AvgIpc) is 2.37. The van der Waals surface area contributed by atoms with E-state index in [1.165, 1.54) is 12.8 Å². The van der Waals surface area contributed by atoms with Gasteiger partial charge in [0, 0.05) is 25.7 Å². The van der Waals surface area contributed by atoms with Crippen LogP contribution in [0.5, 0.6) is 0 Å². The summed E-state index contributed by atoms with van der Waals surface area (Å²) in [7, 11) is 0. The smallest absolute Gasteiger partial charge is 0.134 e. The molecule has 1 aromatic rings. The standard InChI is InChI=1S/C14H26N4/c1-5-8-10-18(7-3)14-11-13(15-9-6-2)16-12(4)17-14/h11H,5-10H2,1-4H3,(H,15,16,17). The number of aromatic nitrogens is 2. The van der Waals surface area contributed by atoms with Gasteiger partial charge in [-0.05, 0) is 26.7 Å². The largest absolute Gasteiger partial charge is 0.370 e. The highest BCUT2D eigenvalue weighted by atomic mass is 15.2. The number of rotatable bonds is 8. The second-order valence-electron chi connectivity index (χ2n) is 4.52. The van der Waals surface area contributed by atoms with Crippen molar-refractivity contribution in [1.29, 1.82) is 0 Å². The predicted octanol–water partition coefficient (Wildman–Crippen LogP) is 3.23. The number of aryl methyl sites for hydroxylation is 1. The van der Waals surface area contributed by atoms with Gasteiger partial charge in [0.1, 0.15) is 17.5 Å². The second-order valence-corrected chi connectivity index (χ2v) is 4.52. The maximum Gasteiger partial charge on any atom is 0.134 e. The first-order valence-electron chi connectivity index (χ1n) is 7.05. The highest BCUT2D eigenvalue weighted by molar-refractivity contribution is 5.49. The topological polar surface area (TPSA) is 41.0 Å². The number of nitrogens with one attached hydrogen (secondary N) is 1. The van der Waals surface area contributed by atoms with Crippen LogP contribution in [-0.4, -0.2) is 29.6 Å². The monoisotopic (exact) mass is 250 g/mol. The van der Waals surface area contributed by atoms with E-state index < -0.39 is 0 Å². The first-order valence-corrected chi connectivity index (χ1v) is 7.05. The molecule has 1 rings (SSSR count). The summed E-state index contributed by atoms with van der Waals surface area (Å²) in [6, 6.07) is 2.06. The molecule has 0 bridgehead atoms. The molecule has 0 amide bonds.